The zero-order valence-corrected chi connectivity index (χ0v) is 13.9. The minimum absolute atomic E-state index is 0.314. The fraction of sp³-hybridized carbons (Fsp3) is 0.200. The number of aromatic nitrogens is 1. The molecule has 1 heterocycles. The van der Waals surface area contributed by atoms with Gasteiger partial charge in [0.05, 0.1) is 11.1 Å². The summed E-state index contributed by atoms with van der Waals surface area (Å²) in [5.74, 6) is -8.08. The number of hydrogen-bond acceptors (Lipinski definition) is 2. The predicted octanol–water partition coefficient (Wildman–Crippen LogP) is 5.44. The van der Waals surface area contributed by atoms with E-state index in [4.69, 9.17) is 0 Å². The van der Waals surface area contributed by atoms with Gasteiger partial charge in [0.2, 0.25) is 5.78 Å². The van der Waals surface area contributed by atoms with Gasteiger partial charge in [-0.2, -0.15) is 8.78 Å². The summed E-state index contributed by atoms with van der Waals surface area (Å²) < 4.78 is 55.8. The van der Waals surface area contributed by atoms with E-state index >= 15 is 0 Å². The van der Waals surface area contributed by atoms with Crippen LogP contribution in [0.25, 0.3) is 10.9 Å². The number of aryl methyl sites for hydroxylation is 1. The van der Waals surface area contributed by atoms with Gasteiger partial charge in [-0.05, 0) is 42.3 Å². The Balaban J connectivity index is 2.00. The highest BCUT2D eigenvalue weighted by atomic mass is 19.3. The number of halogens is 4. The van der Waals surface area contributed by atoms with Gasteiger partial charge in [-0.15, -0.1) is 0 Å². The van der Waals surface area contributed by atoms with Crippen molar-refractivity contribution in [3.8, 4) is 0 Å². The molecule has 0 unspecified atom stereocenters. The lowest BCUT2D eigenvalue weighted by molar-refractivity contribution is 0.00446. The first-order chi connectivity index (χ1) is 12.3. The van der Waals surface area contributed by atoms with E-state index in [1.54, 1.807) is 12.1 Å². The first kappa shape index (κ1) is 18.0. The second kappa shape index (κ2) is 6.86. The molecule has 6 heteroatoms. The molecule has 0 amide bonds. The van der Waals surface area contributed by atoms with Crippen molar-refractivity contribution in [2.75, 3.05) is 0 Å². The predicted molar refractivity (Wildman–Crippen MR) is 90.3 cm³/mol. The average molecular weight is 361 g/mol. The summed E-state index contributed by atoms with van der Waals surface area (Å²) >= 11 is 0. The van der Waals surface area contributed by atoms with E-state index in [1.807, 2.05) is 13.0 Å². The highest BCUT2D eigenvalue weighted by Crippen LogP contribution is 2.33. The molecular weight excluding hydrogens is 346 g/mol. The number of alkyl halides is 2. The van der Waals surface area contributed by atoms with Crippen molar-refractivity contribution < 1.29 is 22.4 Å². The van der Waals surface area contributed by atoms with Gasteiger partial charge in [-0.1, -0.05) is 25.5 Å². The number of fused-ring (bicyclic) bond motifs is 1. The second-order valence-electron chi connectivity index (χ2n) is 6.00. The number of carbonyl (C=O) groups excluding carboxylic acids is 1. The first-order valence-corrected chi connectivity index (χ1v) is 8.10. The molecule has 0 N–H and O–H groups in total. The maximum Gasteiger partial charge on any atom is 0.351 e. The SMILES string of the molecule is CCCc1ccc2nc(C(F)(F)C(=O)c3ccc(F)cc3F)ccc2c1. The largest absolute Gasteiger partial charge is 0.351 e. The first-order valence-electron chi connectivity index (χ1n) is 8.10. The smallest absolute Gasteiger partial charge is 0.287 e. The van der Waals surface area contributed by atoms with Crippen LogP contribution in [-0.2, 0) is 12.3 Å². The quantitative estimate of drug-likeness (QED) is 0.447. The Morgan fingerprint density at radius 2 is 1.81 bits per heavy atom. The van der Waals surface area contributed by atoms with E-state index in [1.165, 1.54) is 6.07 Å². The lowest BCUT2D eigenvalue weighted by Crippen LogP contribution is -2.28. The summed E-state index contributed by atoms with van der Waals surface area (Å²) in [5, 5.41) is 0.677. The molecule has 0 spiro atoms. The average Bonchev–Trinajstić information content (AvgIpc) is 2.61. The fourth-order valence-corrected chi connectivity index (χ4v) is 2.75. The van der Waals surface area contributed by atoms with E-state index in [2.05, 4.69) is 4.98 Å². The van der Waals surface area contributed by atoms with Gasteiger partial charge in [0, 0.05) is 11.5 Å². The fourth-order valence-electron chi connectivity index (χ4n) is 2.75. The Labute approximate surface area is 147 Å². The Hall–Kier alpha value is -2.76. The number of rotatable bonds is 5. The third kappa shape index (κ3) is 3.31. The highest BCUT2D eigenvalue weighted by molar-refractivity contribution is 6.02. The number of pyridine rings is 1. The third-order valence-corrected chi connectivity index (χ3v) is 4.07. The second-order valence-corrected chi connectivity index (χ2v) is 6.00. The number of Topliss-reactive ketones (excluding diaryl/α,β-unsaturated/α-hetero) is 1. The Bertz CT molecular complexity index is 985. The van der Waals surface area contributed by atoms with Crippen molar-refractivity contribution in [3.05, 3.63) is 77.0 Å². The maximum atomic E-state index is 14.6. The summed E-state index contributed by atoms with van der Waals surface area (Å²) in [4.78, 5) is 16.0. The highest BCUT2D eigenvalue weighted by Gasteiger charge is 2.44. The molecule has 2 aromatic carbocycles. The van der Waals surface area contributed by atoms with Gasteiger partial charge < -0.3 is 0 Å². The van der Waals surface area contributed by atoms with E-state index in [-0.39, 0.29) is 0 Å². The van der Waals surface area contributed by atoms with Crippen LogP contribution < -0.4 is 0 Å². The van der Waals surface area contributed by atoms with Gasteiger partial charge >= 0.3 is 5.92 Å². The third-order valence-electron chi connectivity index (χ3n) is 4.07. The standard InChI is InChI=1S/C20H15F4NO/c1-2-3-12-4-8-17-13(10-12)5-9-18(25-17)20(23,24)19(26)15-7-6-14(21)11-16(15)22/h4-11H,2-3H2,1H3. The molecule has 134 valence electrons. The molecule has 0 radical (unpaired) electrons. The van der Waals surface area contributed by atoms with Crippen molar-refractivity contribution >= 4 is 16.7 Å². The topological polar surface area (TPSA) is 30.0 Å². The van der Waals surface area contributed by atoms with Crippen LogP contribution in [0.1, 0.15) is 35.0 Å². The Morgan fingerprint density at radius 1 is 1.04 bits per heavy atom. The van der Waals surface area contributed by atoms with Gasteiger partial charge in [-0.25, -0.2) is 13.8 Å². The molecule has 0 aliphatic rings. The molecule has 0 saturated carbocycles. The van der Waals surface area contributed by atoms with Gasteiger partial charge in [0.1, 0.15) is 17.3 Å². The van der Waals surface area contributed by atoms with E-state index in [0.717, 1.165) is 30.5 Å². The minimum Gasteiger partial charge on any atom is -0.287 e. The summed E-state index contributed by atoms with van der Waals surface area (Å²) in [5.41, 5.74) is -0.279. The molecule has 3 rings (SSSR count). The minimum atomic E-state index is -4.03. The van der Waals surface area contributed by atoms with Gasteiger partial charge in [0.15, 0.2) is 0 Å². The van der Waals surface area contributed by atoms with Gasteiger partial charge in [0.25, 0.3) is 0 Å². The maximum absolute atomic E-state index is 14.6. The van der Waals surface area contributed by atoms with Crippen molar-refractivity contribution in [2.45, 2.75) is 25.7 Å². The molecule has 26 heavy (non-hydrogen) atoms. The lowest BCUT2D eigenvalue weighted by Gasteiger charge is -2.15. The number of ketones is 1. The van der Waals surface area contributed by atoms with Crippen molar-refractivity contribution in [1.29, 1.82) is 0 Å². The normalized spacial score (nSPS) is 11.7. The van der Waals surface area contributed by atoms with Crippen LogP contribution in [0.5, 0.6) is 0 Å². The lowest BCUT2D eigenvalue weighted by atomic mass is 10.0. The number of carbonyl (C=O) groups is 1. The van der Waals surface area contributed by atoms with Crippen molar-refractivity contribution in [3.63, 3.8) is 0 Å². The molecule has 0 bridgehead atoms. The van der Waals surface area contributed by atoms with Crippen molar-refractivity contribution in [2.24, 2.45) is 0 Å². The summed E-state index contributed by atoms with van der Waals surface area (Å²) in [7, 11) is 0. The molecule has 0 aliphatic heterocycles. The molecule has 1 aromatic heterocycles. The molecule has 0 atom stereocenters. The number of nitrogens with zero attached hydrogens (tertiary/aromatic N) is 1. The zero-order valence-electron chi connectivity index (χ0n) is 13.9. The number of hydrogen-bond donors (Lipinski definition) is 0. The Kier molecular flexibility index (Phi) is 4.76. The number of benzene rings is 2. The van der Waals surface area contributed by atoms with Crippen LogP contribution in [0, 0.1) is 11.6 Å². The summed E-state index contributed by atoms with van der Waals surface area (Å²) in [6, 6.07) is 9.64. The van der Waals surface area contributed by atoms with E-state index in [9.17, 15) is 22.4 Å². The summed E-state index contributed by atoms with van der Waals surface area (Å²) in [6.07, 6.45) is 1.81. The molecule has 3 aromatic rings. The van der Waals surface area contributed by atoms with Crippen molar-refractivity contribution in [1.82, 2.24) is 4.98 Å². The molecular formula is C20H15F4NO. The van der Waals surface area contributed by atoms with Crippen LogP contribution >= 0.6 is 0 Å². The van der Waals surface area contributed by atoms with E-state index in [0.29, 0.717) is 23.0 Å². The summed E-state index contributed by atoms with van der Waals surface area (Å²) in [6.45, 7) is 2.03. The van der Waals surface area contributed by atoms with Crippen LogP contribution in [0.2, 0.25) is 0 Å². The molecule has 2 nitrogen and oxygen atoms in total. The monoisotopic (exact) mass is 361 g/mol. The van der Waals surface area contributed by atoms with Crippen LogP contribution in [-0.4, -0.2) is 10.8 Å². The van der Waals surface area contributed by atoms with Crippen LogP contribution in [0.4, 0.5) is 17.6 Å². The molecule has 0 saturated heterocycles. The van der Waals surface area contributed by atoms with E-state index < -0.39 is 34.6 Å². The van der Waals surface area contributed by atoms with Crippen LogP contribution in [0.15, 0.2) is 48.5 Å². The van der Waals surface area contributed by atoms with Crippen LogP contribution in [0.3, 0.4) is 0 Å². The Morgan fingerprint density at radius 3 is 2.50 bits per heavy atom. The van der Waals surface area contributed by atoms with Gasteiger partial charge in [-0.3, -0.25) is 4.79 Å². The molecule has 0 fully saturated rings. The molecule has 0 aliphatic carbocycles. The zero-order chi connectivity index (χ0) is 18.9.